The van der Waals surface area contributed by atoms with Gasteiger partial charge in [-0.2, -0.15) is 0 Å². The van der Waals surface area contributed by atoms with Gasteiger partial charge in [-0.05, 0) is 42.3 Å². The normalized spacial score (nSPS) is 12.6. The van der Waals surface area contributed by atoms with Crippen molar-refractivity contribution in [3.8, 4) is 11.5 Å². The van der Waals surface area contributed by atoms with E-state index in [0.717, 1.165) is 21.8 Å². The summed E-state index contributed by atoms with van der Waals surface area (Å²) in [7, 11) is 0. The van der Waals surface area contributed by atoms with Crippen LogP contribution in [0.3, 0.4) is 0 Å². The van der Waals surface area contributed by atoms with Gasteiger partial charge >= 0.3 is 0 Å². The lowest BCUT2D eigenvalue weighted by molar-refractivity contribution is 0.174. The molecule has 2 aromatic rings. The number of rotatable bonds is 3. The molecule has 0 spiro atoms. The fourth-order valence-electron chi connectivity index (χ4n) is 2.12. The number of hydrogen-bond acceptors (Lipinski definition) is 3. The van der Waals surface area contributed by atoms with Crippen molar-refractivity contribution in [3.05, 3.63) is 51.5 Å². The molecule has 1 aliphatic rings. The molecule has 0 aliphatic carbocycles. The average Bonchev–Trinajstić information content (AvgIpc) is 2.89. The Kier molecular flexibility index (Phi) is 3.64. The maximum absolute atomic E-state index is 6.16. The fourth-order valence-corrected chi connectivity index (χ4v) is 2.58. The second-order valence-electron chi connectivity index (χ2n) is 4.58. The van der Waals surface area contributed by atoms with Gasteiger partial charge < -0.3 is 14.8 Å². The molecule has 1 heterocycles. The van der Waals surface area contributed by atoms with Crippen LogP contribution in [0.2, 0.25) is 10.0 Å². The molecule has 2 aromatic carbocycles. The third-order valence-electron chi connectivity index (χ3n) is 3.24. The van der Waals surface area contributed by atoms with E-state index in [1.54, 1.807) is 0 Å². The van der Waals surface area contributed by atoms with E-state index in [1.807, 2.05) is 37.3 Å². The summed E-state index contributed by atoms with van der Waals surface area (Å²) in [5, 5.41) is 4.67. The van der Waals surface area contributed by atoms with Crippen LogP contribution in [-0.4, -0.2) is 6.79 Å². The van der Waals surface area contributed by atoms with Crippen molar-refractivity contribution in [1.82, 2.24) is 0 Å². The SMILES string of the molecule is Cc1c(Cl)cccc1NCc1cc(Cl)c2c(c1)OCO2. The molecule has 1 aliphatic heterocycles. The van der Waals surface area contributed by atoms with Crippen molar-refractivity contribution < 1.29 is 9.47 Å². The first-order chi connectivity index (χ1) is 9.65. The molecule has 20 heavy (non-hydrogen) atoms. The van der Waals surface area contributed by atoms with Gasteiger partial charge in [0.2, 0.25) is 6.79 Å². The standard InChI is InChI=1S/C15H13Cl2NO2/c1-9-11(16)3-2-4-13(9)18-7-10-5-12(17)15-14(6-10)19-8-20-15/h2-6,18H,7-8H2,1H3. The number of nitrogens with one attached hydrogen (secondary N) is 1. The van der Waals surface area contributed by atoms with Gasteiger partial charge in [-0.15, -0.1) is 0 Å². The van der Waals surface area contributed by atoms with Crippen molar-refractivity contribution >= 4 is 28.9 Å². The van der Waals surface area contributed by atoms with Gasteiger partial charge in [0, 0.05) is 17.3 Å². The molecular weight excluding hydrogens is 297 g/mol. The smallest absolute Gasteiger partial charge is 0.231 e. The highest BCUT2D eigenvalue weighted by Gasteiger charge is 2.18. The van der Waals surface area contributed by atoms with E-state index in [2.05, 4.69) is 5.32 Å². The molecule has 0 radical (unpaired) electrons. The van der Waals surface area contributed by atoms with Crippen molar-refractivity contribution in [2.45, 2.75) is 13.5 Å². The maximum atomic E-state index is 6.16. The zero-order chi connectivity index (χ0) is 14.1. The van der Waals surface area contributed by atoms with Crippen LogP contribution in [0.25, 0.3) is 0 Å². The molecule has 0 amide bonds. The molecule has 3 nitrogen and oxygen atoms in total. The van der Waals surface area contributed by atoms with Crippen LogP contribution in [0, 0.1) is 6.92 Å². The Morgan fingerprint density at radius 1 is 1.15 bits per heavy atom. The highest BCUT2D eigenvalue weighted by atomic mass is 35.5. The highest BCUT2D eigenvalue weighted by molar-refractivity contribution is 6.32. The molecule has 1 N–H and O–H groups in total. The Bertz CT molecular complexity index is 659. The zero-order valence-electron chi connectivity index (χ0n) is 10.9. The summed E-state index contributed by atoms with van der Waals surface area (Å²) in [5.74, 6) is 1.31. The number of anilines is 1. The predicted octanol–water partition coefficient (Wildman–Crippen LogP) is 4.64. The Labute approximate surface area is 127 Å². The van der Waals surface area contributed by atoms with Gasteiger partial charge in [0.05, 0.1) is 5.02 Å². The molecule has 0 aromatic heterocycles. The predicted molar refractivity (Wildman–Crippen MR) is 81.1 cm³/mol. The maximum Gasteiger partial charge on any atom is 0.231 e. The molecule has 0 bridgehead atoms. The second kappa shape index (κ2) is 5.43. The third kappa shape index (κ3) is 2.51. The average molecular weight is 310 g/mol. The van der Waals surface area contributed by atoms with Gasteiger partial charge in [0.25, 0.3) is 0 Å². The van der Waals surface area contributed by atoms with Gasteiger partial charge in [-0.1, -0.05) is 29.3 Å². The molecule has 0 fully saturated rings. The van der Waals surface area contributed by atoms with E-state index >= 15 is 0 Å². The molecule has 0 atom stereocenters. The van der Waals surface area contributed by atoms with Gasteiger partial charge in [0.1, 0.15) is 0 Å². The van der Waals surface area contributed by atoms with Crippen LogP contribution >= 0.6 is 23.2 Å². The Hall–Kier alpha value is -1.58. The number of hydrogen-bond donors (Lipinski definition) is 1. The lowest BCUT2D eigenvalue weighted by Crippen LogP contribution is -2.01. The Morgan fingerprint density at radius 3 is 2.85 bits per heavy atom. The molecule has 5 heteroatoms. The summed E-state index contributed by atoms with van der Waals surface area (Å²) in [6, 6.07) is 9.60. The van der Waals surface area contributed by atoms with E-state index in [4.69, 9.17) is 32.7 Å². The van der Waals surface area contributed by atoms with Gasteiger partial charge in [0.15, 0.2) is 11.5 Å². The van der Waals surface area contributed by atoms with Crippen LogP contribution < -0.4 is 14.8 Å². The summed E-state index contributed by atoms with van der Waals surface area (Å²) in [6.45, 7) is 2.84. The van der Waals surface area contributed by atoms with E-state index in [1.165, 1.54) is 0 Å². The van der Waals surface area contributed by atoms with Crippen molar-refractivity contribution in [2.24, 2.45) is 0 Å². The number of ether oxygens (including phenoxy) is 2. The highest BCUT2D eigenvalue weighted by Crippen LogP contribution is 2.40. The summed E-state index contributed by atoms with van der Waals surface area (Å²) < 4.78 is 10.6. The molecule has 104 valence electrons. The second-order valence-corrected chi connectivity index (χ2v) is 5.39. The minimum Gasteiger partial charge on any atom is -0.454 e. The topological polar surface area (TPSA) is 30.5 Å². The summed E-state index contributed by atoms with van der Waals surface area (Å²) in [4.78, 5) is 0. The van der Waals surface area contributed by atoms with Gasteiger partial charge in [-0.25, -0.2) is 0 Å². The monoisotopic (exact) mass is 309 g/mol. The van der Waals surface area contributed by atoms with E-state index in [9.17, 15) is 0 Å². The first-order valence-corrected chi connectivity index (χ1v) is 6.98. The largest absolute Gasteiger partial charge is 0.454 e. The molecule has 0 saturated carbocycles. The van der Waals surface area contributed by atoms with E-state index in [0.29, 0.717) is 23.1 Å². The molecular formula is C15H13Cl2NO2. The lowest BCUT2D eigenvalue weighted by atomic mass is 10.1. The van der Waals surface area contributed by atoms with Crippen LogP contribution in [0.1, 0.15) is 11.1 Å². The van der Waals surface area contributed by atoms with Crippen LogP contribution in [0.5, 0.6) is 11.5 Å². The van der Waals surface area contributed by atoms with Crippen LogP contribution in [0.4, 0.5) is 5.69 Å². The third-order valence-corrected chi connectivity index (χ3v) is 3.93. The molecule has 0 saturated heterocycles. The van der Waals surface area contributed by atoms with E-state index in [-0.39, 0.29) is 6.79 Å². The first-order valence-electron chi connectivity index (χ1n) is 6.22. The van der Waals surface area contributed by atoms with Crippen LogP contribution in [0.15, 0.2) is 30.3 Å². The lowest BCUT2D eigenvalue weighted by Gasteiger charge is -2.11. The van der Waals surface area contributed by atoms with Crippen LogP contribution in [-0.2, 0) is 6.54 Å². The summed E-state index contributed by atoms with van der Waals surface area (Å²) >= 11 is 12.3. The minimum absolute atomic E-state index is 0.222. The molecule has 0 unspecified atom stereocenters. The quantitative estimate of drug-likeness (QED) is 0.895. The van der Waals surface area contributed by atoms with E-state index < -0.39 is 0 Å². The zero-order valence-corrected chi connectivity index (χ0v) is 12.4. The fraction of sp³-hybridized carbons (Fsp3) is 0.200. The number of fused-ring (bicyclic) bond motifs is 1. The Balaban J connectivity index is 1.79. The molecule has 3 rings (SSSR count). The minimum atomic E-state index is 0.222. The Morgan fingerprint density at radius 2 is 2.00 bits per heavy atom. The van der Waals surface area contributed by atoms with Crippen molar-refractivity contribution in [2.75, 3.05) is 12.1 Å². The summed E-state index contributed by atoms with van der Waals surface area (Å²) in [6.07, 6.45) is 0. The first kappa shape index (κ1) is 13.4. The van der Waals surface area contributed by atoms with Gasteiger partial charge in [-0.3, -0.25) is 0 Å². The van der Waals surface area contributed by atoms with Crippen molar-refractivity contribution in [3.63, 3.8) is 0 Å². The summed E-state index contributed by atoms with van der Waals surface area (Å²) in [5.41, 5.74) is 3.06. The number of halogens is 2. The van der Waals surface area contributed by atoms with Crippen molar-refractivity contribution in [1.29, 1.82) is 0 Å². The number of benzene rings is 2.